The van der Waals surface area contributed by atoms with Crippen molar-refractivity contribution in [3.05, 3.63) is 40.5 Å². The molecule has 1 aromatic rings. The van der Waals surface area contributed by atoms with E-state index in [0.29, 0.717) is 12.2 Å². The predicted octanol–water partition coefficient (Wildman–Crippen LogP) is 3.01. The van der Waals surface area contributed by atoms with E-state index in [2.05, 4.69) is 6.07 Å². The van der Waals surface area contributed by atoms with Crippen molar-refractivity contribution in [1.82, 2.24) is 0 Å². The van der Waals surface area contributed by atoms with Crippen molar-refractivity contribution in [1.29, 1.82) is 5.26 Å². The molecule has 0 aromatic heterocycles. The molecule has 0 fully saturated rings. The molecule has 0 atom stereocenters. The van der Waals surface area contributed by atoms with Crippen LogP contribution in [0.15, 0.2) is 18.2 Å². The molecule has 0 heterocycles. The van der Waals surface area contributed by atoms with Crippen molar-refractivity contribution < 1.29 is 9.53 Å². The average Bonchev–Trinajstić information content (AvgIpc) is 2.36. The quantitative estimate of drug-likeness (QED) is 0.603. The summed E-state index contributed by atoms with van der Waals surface area (Å²) in [4.78, 5) is 11.3. The van der Waals surface area contributed by atoms with Crippen molar-refractivity contribution in [2.45, 2.75) is 27.2 Å². The third kappa shape index (κ3) is 3.46. The molecule has 0 amide bonds. The molecule has 0 aliphatic rings. The van der Waals surface area contributed by atoms with Crippen LogP contribution in [0.4, 0.5) is 0 Å². The number of ether oxygens (including phenoxy) is 1. The van der Waals surface area contributed by atoms with Crippen molar-refractivity contribution in [3.63, 3.8) is 0 Å². The van der Waals surface area contributed by atoms with Crippen LogP contribution in [0.1, 0.15) is 36.1 Å². The van der Waals surface area contributed by atoms with Crippen LogP contribution in [0.3, 0.4) is 0 Å². The zero-order chi connectivity index (χ0) is 13.5. The van der Waals surface area contributed by atoms with E-state index in [1.54, 1.807) is 13.0 Å². The summed E-state index contributed by atoms with van der Waals surface area (Å²) in [7, 11) is 0. The number of nitrogens with zero attached hydrogens (tertiary/aromatic N) is 1. The van der Waals surface area contributed by atoms with Crippen molar-refractivity contribution in [2.24, 2.45) is 0 Å². The molecule has 0 aliphatic carbocycles. The highest BCUT2D eigenvalue weighted by atomic mass is 16.5. The standard InChI is InChI=1S/C15H17NO2/c1-4-13-9-12(10-16)8-11(3)14(13)6-7-15(17)18-5-2/h6-9H,4-5H2,1-3H3. The van der Waals surface area contributed by atoms with Gasteiger partial charge in [0.15, 0.2) is 0 Å². The van der Waals surface area contributed by atoms with Gasteiger partial charge in [-0.3, -0.25) is 0 Å². The summed E-state index contributed by atoms with van der Waals surface area (Å²) >= 11 is 0. The lowest BCUT2D eigenvalue weighted by Gasteiger charge is -2.08. The number of esters is 1. The Morgan fingerprint density at radius 1 is 1.44 bits per heavy atom. The largest absolute Gasteiger partial charge is 0.463 e. The third-order valence-electron chi connectivity index (χ3n) is 2.66. The lowest BCUT2D eigenvalue weighted by atomic mass is 9.97. The first kappa shape index (κ1) is 14.0. The topological polar surface area (TPSA) is 50.1 Å². The molecule has 3 nitrogen and oxygen atoms in total. The lowest BCUT2D eigenvalue weighted by Crippen LogP contribution is -1.99. The minimum atomic E-state index is -0.344. The molecule has 0 aliphatic heterocycles. The summed E-state index contributed by atoms with van der Waals surface area (Å²) in [5, 5.41) is 8.92. The van der Waals surface area contributed by atoms with Gasteiger partial charge in [-0.1, -0.05) is 6.92 Å². The Labute approximate surface area is 108 Å². The summed E-state index contributed by atoms with van der Waals surface area (Å²) in [5.41, 5.74) is 3.70. The molecule has 94 valence electrons. The Balaban J connectivity index is 3.09. The third-order valence-corrected chi connectivity index (χ3v) is 2.66. The van der Waals surface area contributed by atoms with E-state index in [4.69, 9.17) is 10.00 Å². The molecule has 18 heavy (non-hydrogen) atoms. The van der Waals surface area contributed by atoms with Gasteiger partial charge in [0.2, 0.25) is 0 Å². The molecule has 0 N–H and O–H groups in total. The number of hydrogen-bond donors (Lipinski definition) is 0. The second-order valence-corrected chi connectivity index (χ2v) is 3.92. The molecule has 0 radical (unpaired) electrons. The van der Waals surface area contributed by atoms with E-state index >= 15 is 0 Å². The first-order valence-electron chi connectivity index (χ1n) is 6.00. The van der Waals surface area contributed by atoms with Crippen LogP contribution in [-0.2, 0) is 16.0 Å². The Morgan fingerprint density at radius 2 is 2.17 bits per heavy atom. The van der Waals surface area contributed by atoms with E-state index in [1.807, 2.05) is 26.0 Å². The van der Waals surface area contributed by atoms with Crippen molar-refractivity contribution >= 4 is 12.0 Å². The summed E-state index contributed by atoms with van der Waals surface area (Å²) in [6.07, 6.45) is 4.00. The van der Waals surface area contributed by atoms with Crippen LogP contribution in [0.2, 0.25) is 0 Å². The monoisotopic (exact) mass is 243 g/mol. The van der Waals surface area contributed by atoms with Crippen LogP contribution in [0, 0.1) is 18.3 Å². The fourth-order valence-corrected chi connectivity index (χ4v) is 1.81. The number of hydrogen-bond acceptors (Lipinski definition) is 3. The van der Waals surface area contributed by atoms with Crippen molar-refractivity contribution in [2.75, 3.05) is 6.61 Å². The van der Waals surface area contributed by atoms with E-state index in [1.165, 1.54) is 6.08 Å². The Kier molecular flexibility index (Phi) is 5.13. The number of carbonyl (C=O) groups is 1. The minimum absolute atomic E-state index is 0.344. The van der Waals surface area contributed by atoms with Gasteiger partial charge in [-0.2, -0.15) is 5.26 Å². The summed E-state index contributed by atoms with van der Waals surface area (Å²) in [5.74, 6) is -0.344. The molecule has 0 bridgehead atoms. The molecule has 3 heteroatoms. The number of aryl methyl sites for hydroxylation is 2. The van der Waals surface area contributed by atoms with Gasteiger partial charge in [-0.25, -0.2) is 4.79 Å². The van der Waals surface area contributed by atoms with Gasteiger partial charge in [0.05, 0.1) is 18.2 Å². The van der Waals surface area contributed by atoms with E-state index in [-0.39, 0.29) is 5.97 Å². The number of carbonyl (C=O) groups excluding carboxylic acids is 1. The molecule has 1 rings (SSSR count). The summed E-state index contributed by atoms with van der Waals surface area (Å²) < 4.78 is 4.84. The first-order valence-corrected chi connectivity index (χ1v) is 6.00. The second kappa shape index (κ2) is 6.61. The van der Waals surface area contributed by atoms with E-state index in [9.17, 15) is 4.79 Å². The van der Waals surface area contributed by atoms with Gasteiger partial charge in [0.1, 0.15) is 0 Å². The predicted molar refractivity (Wildman–Crippen MR) is 70.9 cm³/mol. The van der Waals surface area contributed by atoms with Gasteiger partial charge in [0, 0.05) is 6.08 Å². The number of benzene rings is 1. The number of nitriles is 1. The molecule has 0 saturated carbocycles. The zero-order valence-corrected chi connectivity index (χ0v) is 11.0. The average molecular weight is 243 g/mol. The molecule has 0 saturated heterocycles. The second-order valence-electron chi connectivity index (χ2n) is 3.92. The highest BCUT2D eigenvalue weighted by Crippen LogP contribution is 2.19. The lowest BCUT2D eigenvalue weighted by molar-refractivity contribution is -0.137. The molecular weight excluding hydrogens is 226 g/mol. The Hall–Kier alpha value is -2.08. The fourth-order valence-electron chi connectivity index (χ4n) is 1.81. The first-order chi connectivity index (χ1) is 8.62. The van der Waals surface area contributed by atoms with Gasteiger partial charge in [-0.15, -0.1) is 0 Å². The van der Waals surface area contributed by atoms with Crippen LogP contribution in [-0.4, -0.2) is 12.6 Å². The fraction of sp³-hybridized carbons (Fsp3) is 0.333. The van der Waals surface area contributed by atoms with Gasteiger partial charge < -0.3 is 4.74 Å². The van der Waals surface area contributed by atoms with E-state index in [0.717, 1.165) is 23.1 Å². The zero-order valence-electron chi connectivity index (χ0n) is 11.0. The summed E-state index contributed by atoms with van der Waals surface area (Å²) in [6.45, 7) is 6.11. The number of rotatable bonds is 4. The van der Waals surface area contributed by atoms with Crippen molar-refractivity contribution in [3.8, 4) is 6.07 Å². The van der Waals surface area contributed by atoms with Crippen LogP contribution >= 0.6 is 0 Å². The highest BCUT2D eigenvalue weighted by Gasteiger charge is 2.05. The smallest absolute Gasteiger partial charge is 0.330 e. The van der Waals surface area contributed by atoms with Gasteiger partial charge in [0.25, 0.3) is 0 Å². The summed E-state index contributed by atoms with van der Waals surface area (Å²) in [6, 6.07) is 5.82. The molecule has 1 aromatic carbocycles. The van der Waals surface area contributed by atoms with Gasteiger partial charge >= 0.3 is 5.97 Å². The maximum absolute atomic E-state index is 11.3. The van der Waals surface area contributed by atoms with Gasteiger partial charge in [-0.05, 0) is 55.2 Å². The maximum atomic E-state index is 11.3. The highest BCUT2D eigenvalue weighted by molar-refractivity contribution is 5.87. The maximum Gasteiger partial charge on any atom is 0.330 e. The SMILES string of the molecule is CCOC(=O)C=Cc1c(C)cc(C#N)cc1CC. The Morgan fingerprint density at radius 3 is 2.72 bits per heavy atom. The van der Waals surface area contributed by atoms with Crippen LogP contribution < -0.4 is 0 Å². The van der Waals surface area contributed by atoms with Crippen LogP contribution in [0.5, 0.6) is 0 Å². The Bertz CT molecular complexity index is 510. The van der Waals surface area contributed by atoms with Crippen LogP contribution in [0.25, 0.3) is 6.08 Å². The molecular formula is C15H17NO2. The minimum Gasteiger partial charge on any atom is -0.463 e. The molecule has 0 spiro atoms. The van der Waals surface area contributed by atoms with E-state index < -0.39 is 0 Å². The normalized spacial score (nSPS) is 10.3. The molecule has 0 unspecified atom stereocenters.